The standard InChI is InChI=1S/C8H12O2/c1-3-5-6-7-8(9)10-4-2/h3-5H,2,6-7H2,1H3/b5-3+. The first kappa shape index (κ1) is 8.95. The summed E-state index contributed by atoms with van der Waals surface area (Å²) in [6.45, 7) is 5.18. The second-order valence-electron chi connectivity index (χ2n) is 1.76. The number of ether oxygens (including phenoxy) is 1. The van der Waals surface area contributed by atoms with Crippen molar-refractivity contribution in [2.24, 2.45) is 0 Å². The van der Waals surface area contributed by atoms with E-state index >= 15 is 0 Å². The third-order valence-corrected chi connectivity index (χ3v) is 0.966. The molecular weight excluding hydrogens is 128 g/mol. The Hall–Kier alpha value is -1.05. The molecule has 0 fully saturated rings. The van der Waals surface area contributed by atoms with Crippen molar-refractivity contribution in [3.63, 3.8) is 0 Å². The smallest absolute Gasteiger partial charge is 0.310 e. The molecule has 0 saturated carbocycles. The molecular formula is C8H12O2. The lowest BCUT2D eigenvalue weighted by molar-refractivity contribution is -0.137. The van der Waals surface area contributed by atoms with Crippen LogP contribution in [0.3, 0.4) is 0 Å². The van der Waals surface area contributed by atoms with Gasteiger partial charge in [0, 0.05) is 6.42 Å². The normalized spacial score (nSPS) is 9.70. The quantitative estimate of drug-likeness (QED) is 0.339. The average Bonchev–Trinajstić information content (AvgIpc) is 1.89. The molecule has 2 heteroatoms. The van der Waals surface area contributed by atoms with Crippen LogP contribution in [-0.4, -0.2) is 5.97 Å². The van der Waals surface area contributed by atoms with E-state index in [9.17, 15) is 4.79 Å². The third kappa shape index (κ3) is 5.09. The van der Waals surface area contributed by atoms with Gasteiger partial charge in [-0.3, -0.25) is 4.79 Å². The molecule has 0 aromatic heterocycles. The Balaban J connectivity index is 3.30. The first-order valence-corrected chi connectivity index (χ1v) is 3.22. The van der Waals surface area contributed by atoms with Crippen molar-refractivity contribution in [1.82, 2.24) is 0 Å². The highest BCUT2D eigenvalue weighted by molar-refractivity contribution is 5.70. The summed E-state index contributed by atoms with van der Waals surface area (Å²) in [4.78, 5) is 10.6. The van der Waals surface area contributed by atoms with E-state index in [1.165, 1.54) is 0 Å². The average molecular weight is 140 g/mol. The second-order valence-corrected chi connectivity index (χ2v) is 1.76. The molecule has 0 aliphatic carbocycles. The number of allylic oxidation sites excluding steroid dienone is 2. The molecule has 0 saturated heterocycles. The summed E-state index contributed by atoms with van der Waals surface area (Å²) in [6, 6.07) is 0. The lowest BCUT2D eigenvalue weighted by Gasteiger charge is -1.93. The second kappa shape index (κ2) is 6.08. The zero-order valence-electron chi connectivity index (χ0n) is 6.17. The van der Waals surface area contributed by atoms with E-state index in [4.69, 9.17) is 0 Å². The maximum atomic E-state index is 10.6. The monoisotopic (exact) mass is 140 g/mol. The van der Waals surface area contributed by atoms with E-state index in [1.54, 1.807) is 0 Å². The van der Waals surface area contributed by atoms with Crippen LogP contribution in [0.4, 0.5) is 0 Å². The molecule has 0 N–H and O–H groups in total. The fourth-order valence-electron chi connectivity index (χ4n) is 0.520. The Morgan fingerprint density at radius 1 is 1.70 bits per heavy atom. The summed E-state index contributed by atoms with van der Waals surface area (Å²) in [6.07, 6.45) is 6.14. The van der Waals surface area contributed by atoms with Gasteiger partial charge in [0.25, 0.3) is 0 Å². The fraction of sp³-hybridized carbons (Fsp3) is 0.375. The first-order valence-electron chi connectivity index (χ1n) is 3.22. The molecule has 0 heterocycles. The molecule has 0 rings (SSSR count). The van der Waals surface area contributed by atoms with Crippen molar-refractivity contribution >= 4 is 5.97 Å². The van der Waals surface area contributed by atoms with E-state index in [2.05, 4.69) is 11.3 Å². The van der Waals surface area contributed by atoms with Gasteiger partial charge >= 0.3 is 5.97 Å². The van der Waals surface area contributed by atoms with E-state index in [1.807, 2.05) is 19.1 Å². The maximum Gasteiger partial charge on any atom is 0.310 e. The van der Waals surface area contributed by atoms with Gasteiger partial charge in [-0.15, -0.1) is 0 Å². The maximum absolute atomic E-state index is 10.6. The lowest BCUT2D eigenvalue weighted by atomic mass is 10.3. The summed E-state index contributed by atoms with van der Waals surface area (Å²) in [5.74, 6) is -0.229. The number of hydrogen-bond donors (Lipinski definition) is 0. The van der Waals surface area contributed by atoms with Crippen LogP contribution in [0.2, 0.25) is 0 Å². The first-order chi connectivity index (χ1) is 4.81. The van der Waals surface area contributed by atoms with Crippen LogP contribution in [0.5, 0.6) is 0 Å². The van der Waals surface area contributed by atoms with Crippen molar-refractivity contribution in [3.8, 4) is 0 Å². The van der Waals surface area contributed by atoms with Gasteiger partial charge in [-0.25, -0.2) is 0 Å². The van der Waals surface area contributed by atoms with Crippen LogP contribution in [0.15, 0.2) is 25.0 Å². The summed E-state index contributed by atoms with van der Waals surface area (Å²) in [5, 5.41) is 0. The van der Waals surface area contributed by atoms with E-state index < -0.39 is 0 Å². The van der Waals surface area contributed by atoms with Gasteiger partial charge in [0.1, 0.15) is 0 Å². The van der Waals surface area contributed by atoms with Crippen LogP contribution in [0.25, 0.3) is 0 Å². The molecule has 0 amide bonds. The van der Waals surface area contributed by atoms with Gasteiger partial charge in [-0.05, 0) is 13.3 Å². The molecule has 0 aromatic carbocycles. The molecule has 0 aliphatic heterocycles. The Morgan fingerprint density at radius 2 is 2.40 bits per heavy atom. The number of rotatable bonds is 4. The summed E-state index contributed by atoms with van der Waals surface area (Å²) in [5.41, 5.74) is 0. The Kier molecular flexibility index (Phi) is 5.44. The van der Waals surface area contributed by atoms with Crippen LogP contribution in [-0.2, 0) is 9.53 Å². The topological polar surface area (TPSA) is 26.3 Å². The third-order valence-electron chi connectivity index (χ3n) is 0.966. The van der Waals surface area contributed by atoms with E-state index in [-0.39, 0.29) is 5.97 Å². The Labute approximate surface area is 61.2 Å². The van der Waals surface area contributed by atoms with Gasteiger partial charge in [0.2, 0.25) is 0 Å². The molecule has 0 aromatic rings. The van der Waals surface area contributed by atoms with Crippen molar-refractivity contribution in [2.75, 3.05) is 0 Å². The number of carbonyl (C=O) groups excluding carboxylic acids is 1. The van der Waals surface area contributed by atoms with Crippen molar-refractivity contribution in [1.29, 1.82) is 0 Å². The van der Waals surface area contributed by atoms with Gasteiger partial charge in [-0.1, -0.05) is 18.7 Å². The minimum absolute atomic E-state index is 0.229. The molecule has 0 atom stereocenters. The minimum atomic E-state index is -0.229. The SMILES string of the molecule is C=COC(=O)CC/C=C/C. The van der Waals surface area contributed by atoms with Gasteiger partial charge < -0.3 is 4.74 Å². The summed E-state index contributed by atoms with van der Waals surface area (Å²) >= 11 is 0. The van der Waals surface area contributed by atoms with Crippen molar-refractivity contribution in [2.45, 2.75) is 19.8 Å². The molecule has 0 radical (unpaired) electrons. The van der Waals surface area contributed by atoms with Gasteiger partial charge in [-0.2, -0.15) is 0 Å². The largest absolute Gasteiger partial charge is 0.435 e. The van der Waals surface area contributed by atoms with Crippen LogP contribution in [0, 0.1) is 0 Å². The minimum Gasteiger partial charge on any atom is -0.435 e. The molecule has 2 nitrogen and oxygen atoms in total. The van der Waals surface area contributed by atoms with Crippen LogP contribution in [0.1, 0.15) is 19.8 Å². The molecule has 0 spiro atoms. The number of hydrogen-bond acceptors (Lipinski definition) is 2. The molecule has 0 aliphatic rings. The fourth-order valence-corrected chi connectivity index (χ4v) is 0.520. The summed E-state index contributed by atoms with van der Waals surface area (Å²) < 4.78 is 4.48. The molecule has 10 heavy (non-hydrogen) atoms. The molecule has 56 valence electrons. The van der Waals surface area contributed by atoms with Crippen molar-refractivity contribution in [3.05, 3.63) is 25.0 Å². The predicted molar refractivity (Wildman–Crippen MR) is 40.3 cm³/mol. The number of carbonyl (C=O) groups is 1. The highest BCUT2D eigenvalue weighted by Crippen LogP contribution is 1.93. The number of esters is 1. The predicted octanol–water partition coefficient (Wildman–Crippen LogP) is 2.03. The van der Waals surface area contributed by atoms with Crippen LogP contribution < -0.4 is 0 Å². The molecule has 0 bridgehead atoms. The Bertz CT molecular complexity index is 136. The van der Waals surface area contributed by atoms with Gasteiger partial charge in [0.05, 0.1) is 6.26 Å². The van der Waals surface area contributed by atoms with Gasteiger partial charge in [0.15, 0.2) is 0 Å². The van der Waals surface area contributed by atoms with Crippen LogP contribution >= 0.6 is 0 Å². The highest BCUT2D eigenvalue weighted by atomic mass is 16.5. The lowest BCUT2D eigenvalue weighted by Crippen LogP contribution is -1.97. The zero-order valence-corrected chi connectivity index (χ0v) is 6.17. The molecule has 0 unspecified atom stereocenters. The zero-order chi connectivity index (χ0) is 7.82. The highest BCUT2D eigenvalue weighted by Gasteiger charge is 1.95. The van der Waals surface area contributed by atoms with Crippen molar-refractivity contribution < 1.29 is 9.53 Å². The summed E-state index contributed by atoms with van der Waals surface area (Å²) in [7, 11) is 0. The van der Waals surface area contributed by atoms with E-state index in [0.717, 1.165) is 12.7 Å². The van der Waals surface area contributed by atoms with E-state index in [0.29, 0.717) is 6.42 Å². The Morgan fingerprint density at radius 3 is 2.90 bits per heavy atom.